The van der Waals surface area contributed by atoms with E-state index in [4.69, 9.17) is 0 Å². The van der Waals surface area contributed by atoms with Crippen molar-refractivity contribution >= 4 is 27.3 Å². The number of hydrogen-bond donors (Lipinski definition) is 1. The summed E-state index contributed by atoms with van der Waals surface area (Å²) in [6.45, 7) is 4.55. The Hall–Kier alpha value is -1.36. The average Bonchev–Trinajstić information content (AvgIpc) is 2.16. The molecule has 0 fully saturated rings. The zero-order valence-corrected chi connectivity index (χ0v) is 10.7. The van der Waals surface area contributed by atoms with Crippen LogP contribution in [-0.2, 0) is 0 Å². The van der Waals surface area contributed by atoms with Crippen LogP contribution in [0.15, 0.2) is 34.3 Å². The Morgan fingerprint density at radius 2 is 2.25 bits per heavy atom. The van der Waals surface area contributed by atoms with Crippen molar-refractivity contribution in [2.75, 3.05) is 11.9 Å². The minimum atomic E-state index is -0.392. The summed E-state index contributed by atoms with van der Waals surface area (Å²) in [4.78, 5) is 10.4. The second kappa shape index (κ2) is 5.65. The number of anilines is 1. The summed E-state index contributed by atoms with van der Waals surface area (Å²) >= 11 is 3.29. The molecule has 0 aliphatic carbocycles. The van der Waals surface area contributed by atoms with Gasteiger partial charge in [0.2, 0.25) is 0 Å². The van der Waals surface area contributed by atoms with Crippen molar-refractivity contribution in [2.24, 2.45) is 0 Å². The first-order chi connectivity index (χ1) is 7.50. The van der Waals surface area contributed by atoms with E-state index in [-0.39, 0.29) is 5.69 Å². The van der Waals surface area contributed by atoms with Crippen molar-refractivity contribution in [3.63, 3.8) is 0 Å². The van der Waals surface area contributed by atoms with Crippen LogP contribution >= 0.6 is 15.9 Å². The monoisotopic (exact) mass is 284 g/mol. The quantitative estimate of drug-likeness (QED) is 0.521. The van der Waals surface area contributed by atoms with Gasteiger partial charge < -0.3 is 5.32 Å². The van der Waals surface area contributed by atoms with Crippen molar-refractivity contribution in [1.29, 1.82) is 0 Å². The Kier molecular flexibility index (Phi) is 4.49. The Bertz CT molecular complexity index is 426. The molecule has 0 saturated carbocycles. The maximum absolute atomic E-state index is 10.8. The van der Waals surface area contributed by atoms with E-state index >= 15 is 0 Å². The van der Waals surface area contributed by atoms with Crippen LogP contribution in [0, 0.1) is 10.1 Å². The highest BCUT2D eigenvalue weighted by Gasteiger charge is 2.12. The molecule has 0 unspecified atom stereocenters. The topological polar surface area (TPSA) is 55.2 Å². The molecule has 1 N–H and O–H groups in total. The molecular weight excluding hydrogens is 272 g/mol. The van der Waals surface area contributed by atoms with Crippen LogP contribution in [0.1, 0.15) is 13.8 Å². The predicted molar refractivity (Wildman–Crippen MR) is 68.7 cm³/mol. The third kappa shape index (κ3) is 3.66. The smallest absolute Gasteiger partial charge is 0.292 e. The van der Waals surface area contributed by atoms with E-state index in [0.29, 0.717) is 12.2 Å². The highest BCUT2D eigenvalue weighted by atomic mass is 79.9. The van der Waals surface area contributed by atoms with Crippen molar-refractivity contribution in [2.45, 2.75) is 13.8 Å². The van der Waals surface area contributed by atoms with Gasteiger partial charge in [-0.15, -0.1) is 0 Å². The number of nitrogens with zero attached hydrogens (tertiary/aromatic N) is 1. The second-order valence-corrected chi connectivity index (χ2v) is 4.50. The van der Waals surface area contributed by atoms with E-state index in [9.17, 15) is 10.1 Å². The maximum atomic E-state index is 10.8. The van der Waals surface area contributed by atoms with Gasteiger partial charge in [-0.3, -0.25) is 10.1 Å². The normalized spacial score (nSPS) is 9.69. The maximum Gasteiger partial charge on any atom is 0.292 e. The molecule has 4 nitrogen and oxygen atoms in total. The summed E-state index contributed by atoms with van der Waals surface area (Å²) in [6.07, 6.45) is 1.98. The minimum absolute atomic E-state index is 0.0883. The van der Waals surface area contributed by atoms with E-state index < -0.39 is 4.92 Å². The molecular formula is C11H13BrN2O2. The largest absolute Gasteiger partial charge is 0.376 e. The van der Waals surface area contributed by atoms with Gasteiger partial charge in [0.05, 0.1) is 4.92 Å². The summed E-state index contributed by atoms with van der Waals surface area (Å²) in [6, 6.07) is 4.84. The van der Waals surface area contributed by atoms with Crippen LogP contribution in [-0.4, -0.2) is 11.5 Å². The molecule has 0 bridgehead atoms. The molecule has 0 heterocycles. The summed E-state index contributed by atoms with van der Waals surface area (Å²) in [5.74, 6) is 0. The van der Waals surface area contributed by atoms with Gasteiger partial charge in [0.15, 0.2) is 0 Å². The van der Waals surface area contributed by atoms with Gasteiger partial charge in [-0.2, -0.15) is 0 Å². The van der Waals surface area contributed by atoms with Crippen molar-refractivity contribution < 1.29 is 4.92 Å². The van der Waals surface area contributed by atoms with Gasteiger partial charge in [0.1, 0.15) is 5.69 Å². The van der Waals surface area contributed by atoms with Gasteiger partial charge in [0, 0.05) is 17.1 Å². The number of rotatable bonds is 4. The number of nitrogens with one attached hydrogen (secondary N) is 1. The average molecular weight is 285 g/mol. The molecule has 86 valence electrons. The molecule has 0 spiro atoms. The Morgan fingerprint density at radius 3 is 2.81 bits per heavy atom. The van der Waals surface area contributed by atoms with Gasteiger partial charge >= 0.3 is 0 Å². The Labute approximate surface area is 103 Å². The molecule has 0 saturated heterocycles. The lowest BCUT2D eigenvalue weighted by atomic mass is 10.2. The highest BCUT2D eigenvalue weighted by Crippen LogP contribution is 2.27. The number of benzene rings is 1. The molecule has 0 aromatic heterocycles. The number of allylic oxidation sites excluding steroid dienone is 1. The van der Waals surface area contributed by atoms with Crippen LogP contribution in [0.25, 0.3) is 0 Å². The molecule has 0 aliphatic rings. The standard InChI is InChI=1S/C11H13BrN2O2/c1-8(2)5-6-13-10-7-9(12)3-4-11(10)14(15)16/h3-5,7,13H,6H2,1-2H3. The first-order valence-corrected chi connectivity index (χ1v) is 5.61. The van der Waals surface area contributed by atoms with Gasteiger partial charge in [-0.1, -0.05) is 27.6 Å². The number of hydrogen-bond acceptors (Lipinski definition) is 3. The molecule has 1 rings (SSSR count). The Balaban J connectivity index is 2.88. The van der Waals surface area contributed by atoms with Crippen molar-refractivity contribution in [3.8, 4) is 0 Å². The van der Waals surface area contributed by atoms with Crippen LogP contribution < -0.4 is 5.32 Å². The minimum Gasteiger partial charge on any atom is -0.376 e. The number of nitro benzene ring substituents is 1. The summed E-state index contributed by atoms with van der Waals surface area (Å²) in [5.41, 5.74) is 1.78. The van der Waals surface area contributed by atoms with E-state index in [1.807, 2.05) is 19.9 Å². The predicted octanol–water partition coefficient (Wildman–Crippen LogP) is 3.74. The lowest BCUT2D eigenvalue weighted by molar-refractivity contribution is -0.384. The van der Waals surface area contributed by atoms with Gasteiger partial charge in [-0.05, 0) is 26.0 Å². The molecule has 0 aliphatic heterocycles. The van der Waals surface area contributed by atoms with Crippen molar-refractivity contribution in [1.82, 2.24) is 0 Å². The lowest BCUT2D eigenvalue weighted by Gasteiger charge is -2.05. The molecule has 5 heteroatoms. The van der Waals surface area contributed by atoms with Crippen LogP contribution in [0.3, 0.4) is 0 Å². The molecule has 0 amide bonds. The van der Waals surface area contributed by atoms with Gasteiger partial charge in [0.25, 0.3) is 5.69 Å². The zero-order valence-electron chi connectivity index (χ0n) is 9.16. The first-order valence-electron chi connectivity index (χ1n) is 4.82. The van der Waals surface area contributed by atoms with Crippen LogP contribution in [0.4, 0.5) is 11.4 Å². The summed E-state index contributed by atoms with van der Waals surface area (Å²) in [7, 11) is 0. The third-order valence-corrected chi connectivity index (χ3v) is 2.45. The van der Waals surface area contributed by atoms with E-state index in [1.54, 1.807) is 12.1 Å². The molecule has 1 aromatic rings. The van der Waals surface area contributed by atoms with E-state index in [0.717, 1.165) is 4.47 Å². The highest BCUT2D eigenvalue weighted by molar-refractivity contribution is 9.10. The fraction of sp³-hybridized carbons (Fsp3) is 0.273. The fourth-order valence-corrected chi connectivity index (χ4v) is 1.54. The number of halogens is 1. The second-order valence-electron chi connectivity index (χ2n) is 3.58. The SMILES string of the molecule is CC(C)=CCNc1cc(Br)ccc1[N+](=O)[O-]. The molecule has 16 heavy (non-hydrogen) atoms. The van der Waals surface area contributed by atoms with Crippen LogP contribution in [0.5, 0.6) is 0 Å². The van der Waals surface area contributed by atoms with Crippen LogP contribution in [0.2, 0.25) is 0 Å². The zero-order chi connectivity index (χ0) is 12.1. The Morgan fingerprint density at radius 1 is 1.56 bits per heavy atom. The summed E-state index contributed by atoms with van der Waals surface area (Å²) in [5, 5.41) is 13.8. The van der Waals surface area contributed by atoms with E-state index in [1.165, 1.54) is 11.6 Å². The number of nitro groups is 1. The van der Waals surface area contributed by atoms with Crippen molar-refractivity contribution in [3.05, 3.63) is 44.4 Å². The molecule has 0 radical (unpaired) electrons. The first kappa shape index (κ1) is 12.7. The van der Waals surface area contributed by atoms with Gasteiger partial charge in [-0.25, -0.2) is 0 Å². The molecule has 1 aromatic carbocycles. The lowest BCUT2D eigenvalue weighted by Crippen LogP contribution is -2.02. The summed E-state index contributed by atoms with van der Waals surface area (Å²) < 4.78 is 0.817. The fourth-order valence-electron chi connectivity index (χ4n) is 1.17. The molecule has 0 atom stereocenters. The third-order valence-electron chi connectivity index (χ3n) is 1.96. The van der Waals surface area contributed by atoms with E-state index in [2.05, 4.69) is 21.2 Å².